The Kier molecular flexibility index (Phi) is 5.24. The first kappa shape index (κ1) is 19.7. The highest BCUT2D eigenvalue weighted by Crippen LogP contribution is 2.39. The zero-order valence-corrected chi connectivity index (χ0v) is 18.1. The van der Waals surface area contributed by atoms with E-state index in [2.05, 4.69) is 17.2 Å². The number of imide groups is 1. The molecule has 1 saturated heterocycles. The number of nitrogens with zero attached hydrogens (tertiary/aromatic N) is 3. The molecule has 2 aromatic rings. The second kappa shape index (κ2) is 7.69. The van der Waals surface area contributed by atoms with Gasteiger partial charge < -0.3 is 4.57 Å². The summed E-state index contributed by atoms with van der Waals surface area (Å²) in [6.07, 6.45) is 7.65. The van der Waals surface area contributed by atoms with Gasteiger partial charge in [-0.2, -0.15) is 5.26 Å². The summed E-state index contributed by atoms with van der Waals surface area (Å²) in [6, 6.07) is 4.44. The first-order valence-electron chi connectivity index (χ1n) is 9.56. The molecule has 0 aromatic carbocycles. The molecule has 0 N–H and O–H groups in total. The van der Waals surface area contributed by atoms with Crippen molar-refractivity contribution in [2.75, 3.05) is 6.54 Å². The molecule has 29 heavy (non-hydrogen) atoms. The van der Waals surface area contributed by atoms with Crippen LogP contribution in [0.1, 0.15) is 45.8 Å². The molecule has 148 valence electrons. The second-order valence-corrected chi connectivity index (χ2v) is 9.32. The normalized spacial score (nSPS) is 17.7. The van der Waals surface area contributed by atoms with Crippen LogP contribution in [0.5, 0.6) is 0 Å². The molecule has 5 nitrogen and oxygen atoms in total. The van der Waals surface area contributed by atoms with Gasteiger partial charge in [-0.15, -0.1) is 17.9 Å². The summed E-state index contributed by atoms with van der Waals surface area (Å²) < 4.78 is 2.11. The van der Waals surface area contributed by atoms with Gasteiger partial charge in [0.15, 0.2) is 0 Å². The SMILES string of the molecule is C=CCN1C(=O)S/C(=C/c2cc(C)n(-c3sc4c(c3C#N)CCCC4)c2C)C1=O. The smallest absolute Gasteiger partial charge is 0.293 e. The predicted molar refractivity (Wildman–Crippen MR) is 117 cm³/mol. The van der Waals surface area contributed by atoms with Gasteiger partial charge in [0.2, 0.25) is 0 Å². The number of hydrogen-bond donors (Lipinski definition) is 0. The maximum Gasteiger partial charge on any atom is 0.293 e. The minimum atomic E-state index is -0.283. The van der Waals surface area contributed by atoms with Crippen LogP contribution in [0.3, 0.4) is 0 Å². The topological polar surface area (TPSA) is 66.1 Å². The van der Waals surface area contributed by atoms with Crippen molar-refractivity contribution >= 4 is 40.3 Å². The zero-order valence-electron chi connectivity index (χ0n) is 16.4. The Balaban J connectivity index is 1.77. The van der Waals surface area contributed by atoms with Crippen LogP contribution in [0.2, 0.25) is 0 Å². The summed E-state index contributed by atoms with van der Waals surface area (Å²) in [7, 11) is 0. The van der Waals surface area contributed by atoms with E-state index in [9.17, 15) is 14.9 Å². The molecule has 0 unspecified atom stereocenters. The Bertz CT molecular complexity index is 1110. The molecule has 4 rings (SSSR count). The fourth-order valence-corrected chi connectivity index (χ4v) is 6.29. The number of carbonyl (C=O) groups is 2. The first-order valence-corrected chi connectivity index (χ1v) is 11.2. The number of aryl methyl sites for hydroxylation is 2. The van der Waals surface area contributed by atoms with Gasteiger partial charge >= 0.3 is 0 Å². The number of rotatable bonds is 4. The van der Waals surface area contributed by atoms with E-state index in [1.165, 1.54) is 21.8 Å². The lowest BCUT2D eigenvalue weighted by atomic mass is 9.96. The van der Waals surface area contributed by atoms with Gasteiger partial charge in [0.25, 0.3) is 11.1 Å². The highest BCUT2D eigenvalue weighted by Gasteiger charge is 2.34. The summed E-state index contributed by atoms with van der Waals surface area (Å²) in [6.45, 7) is 7.82. The Hall–Kier alpha value is -2.56. The molecule has 3 heterocycles. The van der Waals surface area contributed by atoms with Crippen LogP contribution in [-0.2, 0) is 17.6 Å². The van der Waals surface area contributed by atoms with Crippen LogP contribution in [0.25, 0.3) is 11.1 Å². The molecule has 0 bridgehead atoms. The number of thioether (sulfide) groups is 1. The number of amides is 2. The lowest BCUT2D eigenvalue weighted by Gasteiger charge is -2.10. The Labute approximate surface area is 178 Å². The van der Waals surface area contributed by atoms with Gasteiger partial charge in [0.1, 0.15) is 11.1 Å². The van der Waals surface area contributed by atoms with E-state index in [-0.39, 0.29) is 17.7 Å². The van der Waals surface area contributed by atoms with Crippen LogP contribution in [0.4, 0.5) is 4.79 Å². The van der Waals surface area contributed by atoms with Crippen molar-refractivity contribution in [2.45, 2.75) is 39.5 Å². The van der Waals surface area contributed by atoms with Crippen molar-refractivity contribution < 1.29 is 9.59 Å². The molecule has 1 fully saturated rings. The van der Waals surface area contributed by atoms with Crippen molar-refractivity contribution in [1.29, 1.82) is 5.26 Å². The van der Waals surface area contributed by atoms with E-state index in [0.29, 0.717) is 4.91 Å². The standard InChI is InChI=1S/C22H21N3O2S2/c1-4-9-24-20(26)19(29-22(24)27)11-15-10-13(2)25(14(15)3)21-17(12-23)16-7-5-6-8-18(16)28-21/h4,10-11H,1,5-9H2,2-3H3/b19-11+. The Morgan fingerprint density at radius 3 is 2.76 bits per heavy atom. The average Bonchev–Trinajstić information content (AvgIpc) is 3.29. The first-order chi connectivity index (χ1) is 14.0. The molecule has 2 amide bonds. The molecular weight excluding hydrogens is 402 g/mol. The lowest BCUT2D eigenvalue weighted by molar-refractivity contribution is -0.122. The largest absolute Gasteiger partial charge is 0.308 e. The molecule has 2 aromatic heterocycles. The molecule has 0 radical (unpaired) electrons. The fourth-order valence-electron chi connectivity index (χ4n) is 4.00. The highest BCUT2D eigenvalue weighted by molar-refractivity contribution is 8.18. The molecule has 0 spiro atoms. The Morgan fingerprint density at radius 2 is 2.03 bits per heavy atom. The van der Waals surface area contributed by atoms with Crippen molar-refractivity contribution in [3.63, 3.8) is 0 Å². The predicted octanol–water partition coefficient (Wildman–Crippen LogP) is 5.13. The van der Waals surface area contributed by atoms with Crippen molar-refractivity contribution in [3.8, 4) is 11.1 Å². The summed E-state index contributed by atoms with van der Waals surface area (Å²) in [5.41, 5.74) is 4.85. The fraction of sp³-hybridized carbons (Fsp3) is 0.318. The third kappa shape index (κ3) is 3.26. The summed E-state index contributed by atoms with van der Waals surface area (Å²) in [4.78, 5) is 27.6. The van der Waals surface area contributed by atoms with Gasteiger partial charge in [-0.25, -0.2) is 0 Å². The molecule has 1 aliphatic carbocycles. The van der Waals surface area contributed by atoms with Gasteiger partial charge in [-0.1, -0.05) is 6.08 Å². The number of carbonyl (C=O) groups excluding carboxylic acids is 2. The van der Waals surface area contributed by atoms with Crippen LogP contribution >= 0.6 is 23.1 Å². The van der Waals surface area contributed by atoms with Gasteiger partial charge in [0, 0.05) is 22.8 Å². The van der Waals surface area contributed by atoms with Crippen molar-refractivity contribution in [1.82, 2.24) is 9.47 Å². The van der Waals surface area contributed by atoms with Crippen LogP contribution in [0.15, 0.2) is 23.6 Å². The maximum atomic E-state index is 12.5. The molecule has 0 atom stereocenters. The number of nitriles is 1. The zero-order chi connectivity index (χ0) is 20.7. The van der Waals surface area contributed by atoms with E-state index >= 15 is 0 Å². The molecule has 1 aliphatic heterocycles. The molecule has 2 aliphatic rings. The number of fused-ring (bicyclic) bond motifs is 1. The summed E-state index contributed by atoms with van der Waals surface area (Å²) in [5, 5.41) is 10.5. The maximum absolute atomic E-state index is 12.5. The lowest BCUT2D eigenvalue weighted by Crippen LogP contribution is -2.27. The van der Waals surface area contributed by atoms with E-state index in [1.807, 2.05) is 19.9 Å². The quantitative estimate of drug-likeness (QED) is 0.505. The molecule has 7 heteroatoms. The van der Waals surface area contributed by atoms with Crippen LogP contribution in [0, 0.1) is 25.2 Å². The second-order valence-electron chi connectivity index (χ2n) is 7.25. The molecular formula is C22H21N3O2S2. The van der Waals surface area contributed by atoms with E-state index in [0.717, 1.165) is 58.5 Å². The average molecular weight is 424 g/mol. The Morgan fingerprint density at radius 1 is 1.28 bits per heavy atom. The summed E-state index contributed by atoms with van der Waals surface area (Å²) >= 11 is 2.66. The van der Waals surface area contributed by atoms with Crippen molar-refractivity contribution in [3.05, 3.63) is 56.6 Å². The highest BCUT2D eigenvalue weighted by atomic mass is 32.2. The van der Waals surface area contributed by atoms with Crippen LogP contribution < -0.4 is 0 Å². The van der Waals surface area contributed by atoms with E-state index < -0.39 is 0 Å². The third-order valence-corrected chi connectivity index (χ3v) is 7.59. The van der Waals surface area contributed by atoms with Crippen LogP contribution in [-0.4, -0.2) is 27.2 Å². The summed E-state index contributed by atoms with van der Waals surface area (Å²) in [5.74, 6) is -0.283. The van der Waals surface area contributed by atoms with Gasteiger partial charge in [-0.3, -0.25) is 14.5 Å². The van der Waals surface area contributed by atoms with E-state index in [4.69, 9.17) is 0 Å². The number of thiophene rings is 1. The van der Waals surface area contributed by atoms with Crippen molar-refractivity contribution in [2.24, 2.45) is 0 Å². The van der Waals surface area contributed by atoms with Gasteiger partial charge in [0.05, 0.1) is 10.5 Å². The molecule has 0 saturated carbocycles. The van der Waals surface area contributed by atoms with Gasteiger partial charge in [-0.05, 0) is 74.6 Å². The van der Waals surface area contributed by atoms with E-state index in [1.54, 1.807) is 23.5 Å². The minimum Gasteiger partial charge on any atom is -0.308 e. The number of aromatic nitrogens is 1. The third-order valence-electron chi connectivity index (χ3n) is 5.41. The monoisotopic (exact) mass is 423 g/mol. The number of hydrogen-bond acceptors (Lipinski definition) is 5. The minimum absolute atomic E-state index is 0.216.